The monoisotopic (exact) mass is 285 g/mol. The Hall–Kier alpha value is -0.980. The Balaban J connectivity index is 2.58. The number of aromatic nitrogens is 1. The second-order valence-electron chi connectivity index (χ2n) is 5.01. The van der Waals surface area contributed by atoms with Crippen molar-refractivity contribution in [3.63, 3.8) is 0 Å². The van der Waals surface area contributed by atoms with Crippen LogP contribution in [0, 0.1) is 6.92 Å². The van der Waals surface area contributed by atoms with Gasteiger partial charge in [-0.05, 0) is 25.5 Å². The highest BCUT2D eigenvalue weighted by Gasteiger charge is 2.20. The molecule has 0 aliphatic carbocycles. The van der Waals surface area contributed by atoms with Gasteiger partial charge >= 0.3 is 0 Å². The topological polar surface area (TPSA) is 71.1 Å². The van der Waals surface area contributed by atoms with Crippen molar-refractivity contribution in [2.75, 3.05) is 6.54 Å². The van der Waals surface area contributed by atoms with Gasteiger partial charge in [0, 0.05) is 18.8 Å². The summed E-state index contributed by atoms with van der Waals surface area (Å²) in [5, 5.41) is 2.65. The first kappa shape index (κ1) is 16.1. The standard InChI is InChI=1S/C13H23N3O2S/c1-10(2)15-8-12(4)19(17,18)16-9-13-11(3)6-5-7-14-13/h5-7,10,12,15-16H,8-9H2,1-4H3. The van der Waals surface area contributed by atoms with Gasteiger partial charge in [0.05, 0.1) is 17.5 Å². The van der Waals surface area contributed by atoms with Crippen molar-refractivity contribution >= 4 is 10.0 Å². The summed E-state index contributed by atoms with van der Waals surface area (Å²) in [6.45, 7) is 8.27. The van der Waals surface area contributed by atoms with Gasteiger partial charge in [-0.15, -0.1) is 0 Å². The quantitative estimate of drug-likeness (QED) is 0.789. The fourth-order valence-electron chi connectivity index (χ4n) is 1.53. The van der Waals surface area contributed by atoms with Crippen LogP contribution in [0.5, 0.6) is 0 Å². The van der Waals surface area contributed by atoms with Crippen molar-refractivity contribution in [2.24, 2.45) is 0 Å². The minimum atomic E-state index is -3.32. The van der Waals surface area contributed by atoms with E-state index in [2.05, 4.69) is 15.0 Å². The minimum absolute atomic E-state index is 0.237. The minimum Gasteiger partial charge on any atom is -0.313 e. The molecule has 0 amide bonds. The van der Waals surface area contributed by atoms with Gasteiger partial charge < -0.3 is 5.32 Å². The van der Waals surface area contributed by atoms with Gasteiger partial charge in [0.15, 0.2) is 0 Å². The molecule has 1 aromatic heterocycles. The Kier molecular flexibility index (Phi) is 5.90. The van der Waals surface area contributed by atoms with Crippen LogP contribution in [-0.4, -0.2) is 31.2 Å². The van der Waals surface area contributed by atoms with Crippen LogP contribution in [0.4, 0.5) is 0 Å². The molecule has 0 radical (unpaired) electrons. The first-order chi connectivity index (χ1) is 8.83. The van der Waals surface area contributed by atoms with E-state index in [-0.39, 0.29) is 12.6 Å². The van der Waals surface area contributed by atoms with Crippen molar-refractivity contribution in [2.45, 2.75) is 45.5 Å². The van der Waals surface area contributed by atoms with Gasteiger partial charge in [-0.25, -0.2) is 13.1 Å². The summed E-state index contributed by atoms with van der Waals surface area (Å²) in [7, 11) is -3.32. The highest BCUT2D eigenvalue weighted by molar-refractivity contribution is 7.90. The molecular weight excluding hydrogens is 262 g/mol. The van der Waals surface area contributed by atoms with Gasteiger partial charge in [-0.2, -0.15) is 0 Å². The molecule has 0 aliphatic heterocycles. The third-order valence-electron chi connectivity index (χ3n) is 2.90. The van der Waals surface area contributed by atoms with E-state index in [1.165, 1.54) is 0 Å². The molecule has 0 fully saturated rings. The highest BCUT2D eigenvalue weighted by atomic mass is 32.2. The van der Waals surface area contributed by atoms with E-state index in [9.17, 15) is 8.42 Å². The lowest BCUT2D eigenvalue weighted by atomic mass is 10.2. The molecule has 6 heteroatoms. The number of hydrogen-bond donors (Lipinski definition) is 2. The van der Waals surface area contributed by atoms with Crippen LogP contribution < -0.4 is 10.0 Å². The molecule has 19 heavy (non-hydrogen) atoms. The zero-order valence-electron chi connectivity index (χ0n) is 12.0. The zero-order valence-corrected chi connectivity index (χ0v) is 12.8. The van der Waals surface area contributed by atoms with E-state index >= 15 is 0 Å². The predicted octanol–water partition coefficient (Wildman–Crippen LogP) is 1.20. The van der Waals surface area contributed by atoms with E-state index in [0.717, 1.165) is 11.3 Å². The number of pyridine rings is 1. The maximum Gasteiger partial charge on any atom is 0.215 e. The van der Waals surface area contributed by atoms with Crippen LogP contribution in [-0.2, 0) is 16.6 Å². The van der Waals surface area contributed by atoms with Crippen LogP contribution in [0.2, 0.25) is 0 Å². The lowest BCUT2D eigenvalue weighted by Gasteiger charge is -2.16. The van der Waals surface area contributed by atoms with Crippen LogP contribution in [0.25, 0.3) is 0 Å². The molecule has 0 aliphatic rings. The van der Waals surface area contributed by atoms with E-state index in [1.807, 2.05) is 32.9 Å². The number of nitrogens with one attached hydrogen (secondary N) is 2. The van der Waals surface area contributed by atoms with Gasteiger partial charge in [-0.3, -0.25) is 4.98 Å². The number of nitrogens with zero attached hydrogens (tertiary/aromatic N) is 1. The highest BCUT2D eigenvalue weighted by Crippen LogP contribution is 2.05. The second-order valence-corrected chi connectivity index (χ2v) is 7.19. The van der Waals surface area contributed by atoms with Crippen LogP contribution in [0.3, 0.4) is 0 Å². The molecule has 1 atom stereocenters. The third kappa shape index (κ3) is 5.26. The molecular formula is C13H23N3O2S. The van der Waals surface area contributed by atoms with Crippen molar-refractivity contribution in [3.05, 3.63) is 29.6 Å². The molecule has 0 aromatic carbocycles. The third-order valence-corrected chi connectivity index (χ3v) is 4.67. The smallest absolute Gasteiger partial charge is 0.215 e. The van der Waals surface area contributed by atoms with E-state index in [0.29, 0.717) is 6.54 Å². The fraction of sp³-hybridized carbons (Fsp3) is 0.615. The van der Waals surface area contributed by atoms with Crippen molar-refractivity contribution in [3.8, 4) is 0 Å². The maximum absolute atomic E-state index is 12.0. The van der Waals surface area contributed by atoms with E-state index < -0.39 is 15.3 Å². The summed E-state index contributed by atoms with van der Waals surface area (Å²) in [6.07, 6.45) is 1.67. The normalized spacial score (nSPS) is 13.7. The lowest BCUT2D eigenvalue weighted by molar-refractivity contribution is 0.540. The Bertz CT molecular complexity index is 500. The average molecular weight is 285 g/mol. The molecule has 0 saturated carbocycles. The molecule has 1 rings (SSSR count). The first-order valence-electron chi connectivity index (χ1n) is 6.45. The summed E-state index contributed by atoms with van der Waals surface area (Å²) in [5.41, 5.74) is 1.74. The molecule has 1 heterocycles. The summed E-state index contributed by atoms with van der Waals surface area (Å²) < 4.78 is 26.7. The van der Waals surface area contributed by atoms with Crippen molar-refractivity contribution in [1.82, 2.24) is 15.0 Å². The van der Waals surface area contributed by atoms with Gasteiger partial charge in [-0.1, -0.05) is 19.9 Å². The number of aryl methyl sites for hydroxylation is 1. The average Bonchev–Trinajstić information content (AvgIpc) is 2.34. The Morgan fingerprint density at radius 3 is 2.58 bits per heavy atom. The number of hydrogen-bond acceptors (Lipinski definition) is 4. The van der Waals surface area contributed by atoms with Gasteiger partial charge in [0.25, 0.3) is 0 Å². The largest absolute Gasteiger partial charge is 0.313 e. The Morgan fingerprint density at radius 2 is 2.00 bits per heavy atom. The van der Waals surface area contributed by atoms with E-state index in [1.54, 1.807) is 13.1 Å². The van der Waals surface area contributed by atoms with Gasteiger partial charge in [0.2, 0.25) is 10.0 Å². The van der Waals surface area contributed by atoms with Crippen molar-refractivity contribution < 1.29 is 8.42 Å². The maximum atomic E-state index is 12.0. The number of sulfonamides is 1. The van der Waals surface area contributed by atoms with E-state index in [4.69, 9.17) is 0 Å². The molecule has 1 aromatic rings. The molecule has 108 valence electrons. The summed E-state index contributed by atoms with van der Waals surface area (Å²) in [5.74, 6) is 0. The molecule has 1 unspecified atom stereocenters. The molecule has 0 spiro atoms. The molecule has 0 bridgehead atoms. The summed E-state index contributed by atoms with van der Waals surface area (Å²) in [6, 6.07) is 4.03. The second kappa shape index (κ2) is 6.98. The van der Waals surface area contributed by atoms with Crippen LogP contribution >= 0.6 is 0 Å². The molecule has 5 nitrogen and oxygen atoms in total. The predicted molar refractivity (Wildman–Crippen MR) is 77.3 cm³/mol. The Labute approximate surface area is 115 Å². The van der Waals surface area contributed by atoms with Gasteiger partial charge in [0.1, 0.15) is 0 Å². The van der Waals surface area contributed by atoms with Crippen molar-refractivity contribution in [1.29, 1.82) is 0 Å². The van der Waals surface area contributed by atoms with Crippen LogP contribution in [0.15, 0.2) is 18.3 Å². The summed E-state index contributed by atoms with van der Waals surface area (Å²) in [4.78, 5) is 4.17. The first-order valence-corrected chi connectivity index (χ1v) is 8.00. The van der Waals surface area contributed by atoms with Crippen LogP contribution in [0.1, 0.15) is 32.0 Å². The fourth-order valence-corrected chi connectivity index (χ4v) is 2.46. The summed E-state index contributed by atoms with van der Waals surface area (Å²) >= 11 is 0. The lowest BCUT2D eigenvalue weighted by Crippen LogP contribution is -2.40. The zero-order chi connectivity index (χ0) is 14.5. The Morgan fingerprint density at radius 1 is 1.32 bits per heavy atom. The molecule has 0 saturated heterocycles. The molecule has 2 N–H and O–H groups in total. The number of rotatable bonds is 7. The SMILES string of the molecule is Cc1cccnc1CNS(=O)(=O)C(C)CNC(C)C.